The maximum atomic E-state index is 12.3. The Bertz CT molecular complexity index is 811. The highest BCUT2D eigenvalue weighted by molar-refractivity contribution is 6.44. The highest BCUT2D eigenvalue weighted by Gasteiger charge is 2.17. The lowest BCUT2D eigenvalue weighted by atomic mass is 10.2. The molecule has 27 heavy (non-hydrogen) atoms. The molecular weight excluding hydrogens is 411 g/mol. The van der Waals surface area contributed by atoms with Crippen molar-refractivity contribution in [2.75, 3.05) is 30.4 Å². The summed E-state index contributed by atoms with van der Waals surface area (Å²) in [6.45, 7) is 1.25. The van der Waals surface area contributed by atoms with Gasteiger partial charge < -0.3 is 20.1 Å². The molecule has 0 saturated carbocycles. The Labute approximate surface area is 172 Å². The number of amides is 1. The fourth-order valence-electron chi connectivity index (χ4n) is 2.68. The molecule has 1 aliphatic rings. The van der Waals surface area contributed by atoms with Crippen LogP contribution in [0.15, 0.2) is 36.4 Å². The molecule has 1 atom stereocenters. The second kappa shape index (κ2) is 9.51. The smallest absolute Gasteiger partial charge is 0.243 e. The molecule has 0 aromatic heterocycles. The van der Waals surface area contributed by atoms with E-state index in [4.69, 9.17) is 44.3 Å². The van der Waals surface area contributed by atoms with Crippen molar-refractivity contribution >= 4 is 52.1 Å². The van der Waals surface area contributed by atoms with Gasteiger partial charge in [0.25, 0.3) is 0 Å². The number of carbonyl (C=O) groups excluding carboxylic acids is 1. The van der Waals surface area contributed by atoms with E-state index >= 15 is 0 Å². The SMILES string of the molecule is O=C(CNc1cc(Cl)c(Cl)cc1Cl)Nc1ccccc1OCC1CCCO1. The fourth-order valence-corrected chi connectivity index (χ4v) is 3.30. The number of hydrogen-bond acceptors (Lipinski definition) is 4. The van der Waals surface area contributed by atoms with Gasteiger partial charge in [0.2, 0.25) is 5.91 Å². The van der Waals surface area contributed by atoms with Crippen LogP contribution in [0.4, 0.5) is 11.4 Å². The van der Waals surface area contributed by atoms with Crippen LogP contribution < -0.4 is 15.4 Å². The predicted molar refractivity (Wildman–Crippen MR) is 110 cm³/mol. The largest absolute Gasteiger partial charge is 0.489 e. The average Bonchev–Trinajstić information content (AvgIpc) is 3.16. The summed E-state index contributed by atoms with van der Waals surface area (Å²) < 4.78 is 11.4. The van der Waals surface area contributed by atoms with E-state index in [-0.39, 0.29) is 18.6 Å². The minimum Gasteiger partial charge on any atom is -0.489 e. The van der Waals surface area contributed by atoms with E-state index in [0.29, 0.717) is 38.8 Å². The van der Waals surface area contributed by atoms with Crippen molar-refractivity contribution in [3.8, 4) is 5.75 Å². The Morgan fingerprint density at radius 3 is 2.67 bits per heavy atom. The van der Waals surface area contributed by atoms with E-state index < -0.39 is 0 Å². The minimum absolute atomic E-state index is 0.0117. The lowest BCUT2D eigenvalue weighted by Gasteiger charge is -2.15. The molecule has 1 amide bonds. The molecule has 1 aliphatic heterocycles. The van der Waals surface area contributed by atoms with Crippen LogP contribution in [0, 0.1) is 0 Å². The van der Waals surface area contributed by atoms with Crippen molar-refractivity contribution in [3.63, 3.8) is 0 Å². The molecule has 0 radical (unpaired) electrons. The normalized spacial score (nSPS) is 16.2. The number of anilines is 2. The van der Waals surface area contributed by atoms with E-state index in [2.05, 4.69) is 10.6 Å². The number of carbonyl (C=O) groups is 1. The molecule has 144 valence electrons. The summed E-state index contributed by atoms with van der Waals surface area (Å²) in [7, 11) is 0. The Kier molecular flexibility index (Phi) is 7.07. The van der Waals surface area contributed by atoms with Crippen LogP contribution in [0.5, 0.6) is 5.75 Å². The van der Waals surface area contributed by atoms with Crippen LogP contribution in [0.1, 0.15) is 12.8 Å². The second-order valence-electron chi connectivity index (χ2n) is 6.09. The topological polar surface area (TPSA) is 59.6 Å². The zero-order valence-electron chi connectivity index (χ0n) is 14.4. The summed E-state index contributed by atoms with van der Waals surface area (Å²) >= 11 is 18.0. The predicted octanol–water partition coefficient (Wildman–Crippen LogP) is 5.26. The Morgan fingerprint density at radius 1 is 1.11 bits per heavy atom. The number of benzene rings is 2. The van der Waals surface area contributed by atoms with Crippen LogP contribution in [0.25, 0.3) is 0 Å². The van der Waals surface area contributed by atoms with Gasteiger partial charge in [-0.25, -0.2) is 0 Å². The monoisotopic (exact) mass is 428 g/mol. The molecule has 0 aliphatic carbocycles. The fraction of sp³-hybridized carbons (Fsp3) is 0.316. The van der Waals surface area contributed by atoms with Crippen LogP contribution in [0.3, 0.4) is 0 Å². The maximum Gasteiger partial charge on any atom is 0.243 e. The first-order valence-corrected chi connectivity index (χ1v) is 9.68. The van der Waals surface area contributed by atoms with E-state index in [0.717, 1.165) is 19.4 Å². The summed E-state index contributed by atoms with van der Waals surface area (Å²) in [5.41, 5.74) is 1.13. The van der Waals surface area contributed by atoms with Crippen molar-refractivity contribution < 1.29 is 14.3 Å². The number of halogens is 3. The van der Waals surface area contributed by atoms with E-state index in [1.54, 1.807) is 12.1 Å². The van der Waals surface area contributed by atoms with Crippen molar-refractivity contribution in [2.45, 2.75) is 18.9 Å². The van der Waals surface area contributed by atoms with Gasteiger partial charge >= 0.3 is 0 Å². The van der Waals surface area contributed by atoms with Crippen LogP contribution in [0.2, 0.25) is 15.1 Å². The third kappa shape index (κ3) is 5.66. The van der Waals surface area contributed by atoms with Crippen LogP contribution >= 0.6 is 34.8 Å². The zero-order chi connectivity index (χ0) is 19.2. The van der Waals surface area contributed by atoms with E-state index in [1.807, 2.05) is 18.2 Å². The molecule has 1 fully saturated rings. The highest BCUT2D eigenvalue weighted by atomic mass is 35.5. The van der Waals surface area contributed by atoms with Crippen molar-refractivity contribution in [1.82, 2.24) is 0 Å². The molecular formula is C19H19Cl3N2O3. The van der Waals surface area contributed by atoms with Crippen LogP contribution in [-0.2, 0) is 9.53 Å². The van der Waals surface area contributed by atoms with Crippen LogP contribution in [-0.4, -0.2) is 31.8 Å². The van der Waals surface area contributed by atoms with Gasteiger partial charge in [0.1, 0.15) is 12.4 Å². The zero-order valence-corrected chi connectivity index (χ0v) is 16.7. The first-order chi connectivity index (χ1) is 13.0. The second-order valence-corrected chi connectivity index (χ2v) is 7.31. The summed E-state index contributed by atoms with van der Waals surface area (Å²) in [6, 6.07) is 10.4. The number of rotatable bonds is 7. The van der Waals surface area contributed by atoms with Gasteiger partial charge in [-0.2, -0.15) is 0 Å². The van der Waals surface area contributed by atoms with Gasteiger partial charge in [0, 0.05) is 6.61 Å². The Balaban J connectivity index is 1.57. The van der Waals surface area contributed by atoms with E-state index in [9.17, 15) is 4.79 Å². The minimum atomic E-state index is -0.245. The molecule has 2 aromatic carbocycles. The summed E-state index contributed by atoms with van der Waals surface area (Å²) in [5.74, 6) is 0.360. The summed E-state index contributed by atoms with van der Waals surface area (Å²) in [6.07, 6.45) is 2.14. The summed E-state index contributed by atoms with van der Waals surface area (Å²) in [5, 5.41) is 6.88. The van der Waals surface area contributed by atoms with Crippen molar-refractivity contribution in [1.29, 1.82) is 0 Å². The van der Waals surface area contributed by atoms with Crippen molar-refractivity contribution in [3.05, 3.63) is 51.5 Å². The van der Waals surface area contributed by atoms with Crippen molar-refractivity contribution in [2.24, 2.45) is 0 Å². The molecule has 1 saturated heterocycles. The quantitative estimate of drug-likeness (QED) is 0.590. The molecule has 8 heteroatoms. The highest BCUT2D eigenvalue weighted by Crippen LogP contribution is 2.32. The van der Waals surface area contributed by atoms with Gasteiger partial charge in [-0.15, -0.1) is 0 Å². The standard InChI is InChI=1S/C19H19Cl3N2O3/c20-13-8-15(22)17(9-14(13)21)23-10-19(25)24-16-5-1-2-6-18(16)27-11-12-4-3-7-26-12/h1-2,5-6,8-9,12,23H,3-4,7,10-11H2,(H,24,25). The number of hydrogen-bond donors (Lipinski definition) is 2. The maximum absolute atomic E-state index is 12.3. The van der Waals surface area contributed by atoms with Gasteiger partial charge in [-0.3, -0.25) is 4.79 Å². The van der Waals surface area contributed by atoms with Gasteiger partial charge in [-0.05, 0) is 37.1 Å². The molecule has 0 bridgehead atoms. The molecule has 3 rings (SSSR count). The number of nitrogens with one attached hydrogen (secondary N) is 2. The molecule has 1 unspecified atom stereocenters. The first-order valence-electron chi connectivity index (χ1n) is 8.54. The number of ether oxygens (including phenoxy) is 2. The molecule has 0 spiro atoms. The Hall–Kier alpha value is -1.66. The third-order valence-electron chi connectivity index (χ3n) is 4.06. The first kappa shape index (κ1) is 20.1. The van der Waals surface area contributed by atoms with Gasteiger partial charge in [-0.1, -0.05) is 46.9 Å². The average molecular weight is 430 g/mol. The Morgan fingerprint density at radius 2 is 1.89 bits per heavy atom. The number of para-hydroxylation sites is 2. The summed E-state index contributed by atoms with van der Waals surface area (Å²) in [4.78, 5) is 12.3. The molecule has 5 nitrogen and oxygen atoms in total. The van der Waals surface area contributed by atoms with Gasteiger partial charge in [0.05, 0.1) is 39.1 Å². The molecule has 2 aromatic rings. The van der Waals surface area contributed by atoms with Gasteiger partial charge in [0.15, 0.2) is 0 Å². The molecule has 1 heterocycles. The molecule has 2 N–H and O–H groups in total. The van der Waals surface area contributed by atoms with E-state index in [1.165, 1.54) is 6.07 Å². The third-order valence-corrected chi connectivity index (χ3v) is 5.09. The lowest BCUT2D eigenvalue weighted by molar-refractivity contribution is -0.114. The lowest BCUT2D eigenvalue weighted by Crippen LogP contribution is -2.23.